The second-order valence-corrected chi connectivity index (χ2v) is 7.92. The molecule has 158 valence electrons. The number of carbonyl (C=O) groups is 2. The van der Waals surface area contributed by atoms with Crippen molar-refractivity contribution < 1.29 is 31.9 Å². The van der Waals surface area contributed by atoms with Gasteiger partial charge in [0.1, 0.15) is 10.8 Å². The Labute approximate surface area is 178 Å². The molecule has 0 unspecified atom stereocenters. The number of furan rings is 1. The van der Waals surface area contributed by atoms with E-state index in [0.29, 0.717) is 10.6 Å². The number of methoxy groups -OCH3 is 1. The highest BCUT2D eigenvalue weighted by molar-refractivity contribution is 7.16. The predicted molar refractivity (Wildman–Crippen MR) is 107 cm³/mol. The Balaban J connectivity index is 1.89. The molecule has 0 aliphatic carbocycles. The fourth-order valence-corrected chi connectivity index (χ4v) is 4.01. The molecule has 0 fully saturated rings. The number of amides is 1. The van der Waals surface area contributed by atoms with Crippen LogP contribution in [-0.2, 0) is 10.9 Å². The van der Waals surface area contributed by atoms with Crippen LogP contribution in [-0.4, -0.2) is 19.0 Å². The molecule has 0 saturated carbocycles. The van der Waals surface area contributed by atoms with Crippen molar-refractivity contribution in [2.24, 2.45) is 0 Å². The number of carbonyl (C=O) groups excluding carboxylic acids is 2. The van der Waals surface area contributed by atoms with Gasteiger partial charge in [0.05, 0.1) is 23.3 Å². The third-order valence-electron chi connectivity index (χ3n) is 4.39. The maximum atomic E-state index is 13.1. The molecular weight excluding hydrogens is 443 g/mol. The van der Waals surface area contributed by atoms with Gasteiger partial charge in [0.25, 0.3) is 5.91 Å². The second-order valence-electron chi connectivity index (χ2n) is 6.29. The highest BCUT2D eigenvalue weighted by atomic mass is 35.5. The van der Waals surface area contributed by atoms with Crippen molar-refractivity contribution in [1.82, 2.24) is 0 Å². The summed E-state index contributed by atoms with van der Waals surface area (Å²) in [5.74, 6) is -1.31. The van der Waals surface area contributed by atoms with Gasteiger partial charge in [-0.1, -0.05) is 11.6 Å². The largest absolute Gasteiger partial charge is 0.465 e. The van der Waals surface area contributed by atoms with Crippen LogP contribution in [0.15, 0.2) is 34.7 Å². The van der Waals surface area contributed by atoms with Crippen molar-refractivity contribution in [1.29, 1.82) is 0 Å². The van der Waals surface area contributed by atoms with Crippen LogP contribution in [0.4, 0.5) is 18.2 Å². The second kappa shape index (κ2) is 8.16. The average molecular weight is 458 g/mol. The third-order valence-corrected chi connectivity index (χ3v) is 5.84. The first-order chi connectivity index (χ1) is 14.0. The quantitative estimate of drug-likeness (QED) is 0.464. The van der Waals surface area contributed by atoms with E-state index >= 15 is 0 Å². The minimum absolute atomic E-state index is 0.0639. The molecule has 0 radical (unpaired) electrons. The number of thiophene rings is 1. The Kier molecular flexibility index (Phi) is 5.96. The van der Waals surface area contributed by atoms with Gasteiger partial charge in [-0.2, -0.15) is 13.2 Å². The number of ether oxygens (including phenoxy) is 1. The highest BCUT2D eigenvalue weighted by Gasteiger charge is 2.33. The number of rotatable bonds is 4. The maximum Gasteiger partial charge on any atom is 0.417 e. The minimum Gasteiger partial charge on any atom is -0.465 e. The van der Waals surface area contributed by atoms with Gasteiger partial charge in [0.15, 0.2) is 5.76 Å². The lowest BCUT2D eigenvalue weighted by atomic mass is 10.1. The maximum absolute atomic E-state index is 13.1. The summed E-state index contributed by atoms with van der Waals surface area (Å²) in [6, 6.07) is 6.04. The van der Waals surface area contributed by atoms with Crippen molar-refractivity contribution >= 4 is 39.8 Å². The molecule has 30 heavy (non-hydrogen) atoms. The van der Waals surface area contributed by atoms with Gasteiger partial charge in [0, 0.05) is 10.4 Å². The van der Waals surface area contributed by atoms with Crippen LogP contribution in [0.25, 0.3) is 11.3 Å². The van der Waals surface area contributed by atoms with Crippen LogP contribution in [0.1, 0.15) is 36.9 Å². The van der Waals surface area contributed by atoms with E-state index in [-0.39, 0.29) is 22.6 Å². The van der Waals surface area contributed by atoms with Crippen LogP contribution >= 0.6 is 22.9 Å². The molecule has 1 N–H and O–H groups in total. The lowest BCUT2D eigenvalue weighted by molar-refractivity contribution is -0.137. The fraction of sp³-hybridized carbons (Fsp3) is 0.200. The summed E-state index contributed by atoms with van der Waals surface area (Å²) in [6.45, 7) is 3.53. The normalized spacial score (nSPS) is 11.4. The number of nitrogens with one attached hydrogen (secondary N) is 1. The first kappa shape index (κ1) is 21.9. The smallest absolute Gasteiger partial charge is 0.417 e. The minimum atomic E-state index is -4.63. The number of hydrogen-bond donors (Lipinski definition) is 1. The zero-order valence-corrected chi connectivity index (χ0v) is 17.5. The lowest BCUT2D eigenvalue weighted by Gasteiger charge is -2.10. The molecule has 2 aromatic heterocycles. The zero-order chi connectivity index (χ0) is 22.2. The Bertz CT molecular complexity index is 1130. The van der Waals surface area contributed by atoms with E-state index in [0.717, 1.165) is 17.0 Å². The van der Waals surface area contributed by atoms with Crippen LogP contribution in [0.2, 0.25) is 5.02 Å². The number of hydrogen-bond acceptors (Lipinski definition) is 5. The van der Waals surface area contributed by atoms with E-state index in [9.17, 15) is 22.8 Å². The first-order valence-electron chi connectivity index (χ1n) is 8.49. The summed E-state index contributed by atoms with van der Waals surface area (Å²) >= 11 is 6.83. The monoisotopic (exact) mass is 457 g/mol. The van der Waals surface area contributed by atoms with Crippen LogP contribution < -0.4 is 5.32 Å². The highest BCUT2D eigenvalue weighted by Crippen LogP contribution is 2.38. The van der Waals surface area contributed by atoms with E-state index < -0.39 is 28.6 Å². The van der Waals surface area contributed by atoms with Crippen LogP contribution in [0.3, 0.4) is 0 Å². The molecule has 0 atom stereocenters. The van der Waals surface area contributed by atoms with Gasteiger partial charge in [-0.25, -0.2) is 4.79 Å². The van der Waals surface area contributed by atoms with Crippen LogP contribution in [0, 0.1) is 13.8 Å². The van der Waals surface area contributed by atoms with Gasteiger partial charge < -0.3 is 14.5 Å². The fourth-order valence-electron chi connectivity index (χ4n) is 2.74. The molecule has 10 heteroatoms. The number of esters is 1. The molecule has 3 rings (SSSR count). The number of halogens is 4. The zero-order valence-electron chi connectivity index (χ0n) is 15.9. The molecule has 2 heterocycles. The Morgan fingerprint density at radius 1 is 1.17 bits per heavy atom. The standard InChI is InChI=1S/C20H15ClF3NO4S/c1-9-10(2)30-18(16(9)19(27)28-3)25-17(26)15-7-6-14(29-15)11-4-5-13(21)12(8-11)20(22,23)24/h4-8H,1-3H3,(H,25,26). The van der Waals surface area contributed by atoms with Crippen molar-refractivity contribution in [3.8, 4) is 11.3 Å². The summed E-state index contributed by atoms with van der Waals surface area (Å²) < 4.78 is 49.4. The molecule has 0 bridgehead atoms. The molecule has 3 aromatic rings. The van der Waals surface area contributed by atoms with Gasteiger partial charge in [-0.05, 0) is 49.7 Å². The average Bonchev–Trinajstić information content (AvgIpc) is 3.26. The van der Waals surface area contributed by atoms with Crippen LogP contribution in [0.5, 0.6) is 0 Å². The van der Waals surface area contributed by atoms with Crippen molar-refractivity contribution in [2.75, 3.05) is 12.4 Å². The topological polar surface area (TPSA) is 68.5 Å². The predicted octanol–water partition coefficient (Wildman–Crippen LogP) is 6.34. The lowest BCUT2D eigenvalue weighted by Crippen LogP contribution is -2.13. The van der Waals surface area contributed by atoms with Gasteiger partial charge >= 0.3 is 12.1 Å². The number of aryl methyl sites for hydroxylation is 1. The molecule has 0 aliphatic heterocycles. The molecule has 0 aliphatic rings. The SMILES string of the molecule is COC(=O)c1c(NC(=O)c2ccc(-c3ccc(Cl)c(C(F)(F)F)c3)o2)sc(C)c1C. The van der Waals surface area contributed by atoms with Crippen molar-refractivity contribution in [3.05, 3.63) is 62.7 Å². The Morgan fingerprint density at radius 2 is 1.87 bits per heavy atom. The molecule has 0 saturated heterocycles. The molecule has 0 spiro atoms. The van der Waals surface area contributed by atoms with E-state index in [1.807, 2.05) is 0 Å². The first-order valence-corrected chi connectivity index (χ1v) is 9.69. The Hall–Kier alpha value is -2.78. The van der Waals surface area contributed by atoms with E-state index in [4.69, 9.17) is 20.8 Å². The van der Waals surface area contributed by atoms with E-state index in [1.165, 1.54) is 36.6 Å². The molecule has 5 nitrogen and oxygen atoms in total. The van der Waals surface area contributed by atoms with Crippen molar-refractivity contribution in [3.63, 3.8) is 0 Å². The molecular formula is C20H15ClF3NO4S. The summed E-state index contributed by atoms with van der Waals surface area (Å²) in [6.07, 6.45) is -4.63. The van der Waals surface area contributed by atoms with Gasteiger partial charge in [-0.15, -0.1) is 11.3 Å². The molecule has 1 aromatic carbocycles. The molecule has 1 amide bonds. The van der Waals surface area contributed by atoms with Gasteiger partial charge in [0.2, 0.25) is 0 Å². The third kappa shape index (κ3) is 4.22. The van der Waals surface area contributed by atoms with Crippen molar-refractivity contribution in [2.45, 2.75) is 20.0 Å². The summed E-state index contributed by atoms with van der Waals surface area (Å²) in [5, 5.41) is 2.46. The summed E-state index contributed by atoms with van der Waals surface area (Å²) in [7, 11) is 1.24. The summed E-state index contributed by atoms with van der Waals surface area (Å²) in [4.78, 5) is 25.4. The number of anilines is 1. The summed E-state index contributed by atoms with van der Waals surface area (Å²) in [5.41, 5.74) is 0.0379. The van der Waals surface area contributed by atoms with E-state index in [1.54, 1.807) is 13.8 Å². The Morgan fingerprint density at radius 3 is 2.50 bits per heavy atom. The van der Waals surface area contributed by atoms with E-state index in [2.05, 4.69) is 5.32 Å². The van der Waals surface area contributed by atoms with Gasteiger partial charge in [-0.3, -0.25) is 4.79 Å². The number of alkyl halides is 3. The number of benzene rings is 1.